The molecule has 0 fully saturated rings. The standard InChI is InChI=1S/C4H10O2.C3H6O4.C3H4S2/c5-3-1-2-4-6;4-1-2(5)3(6)7;1-2-4-5-3-1/h5-6H,1-4H2;2,4-5H,1H2,(H,6,7);1-2H,3H2. The zero-order chi connectivity index (χ0) is 14.2. The van der Waals surface area contributed by atoms with E-state index in [1.807, 2.05) is 21.6 Å². The molecule has 0 saturated heterocycles. The summed E-state index contributed by atoms with van der Waals surface area (Å²) in [5.41, 5.74) is 0. The van der Waals surface area contributed by atoms with Gasteiger partial charge in [-0.2, -0.15) is 0 Å². The summed E-state index contributed by atoms with van der Waals surface area (Å²) in [7, 11) is 3.69. The van der Waals surface area contributed by atoms with Crippen molar-refractivity contribution in [3.05, 3.63) is 11.5 Å². The van der Waals surface area contributed by atoms with Gasteiger partial charge in [0, 0.05) is 19.0 Å². The number of carboxylic acid groups (broad SMARTS) is 1. The first-order valence-electron chi connectivity index (χ1n) is 5.26. The van der Waals surface area contributed by atoms with Crippen molar-refractivity contribution < 1.29 is 30.3 Å². The highest BCUT2D eigenvalue weighted by Crippen LogP contribution is 2.27. The van der Waals surface area contributed by atoms with E-state index in [-0.39, 0.29) is 13.2 Å². The molecule has 1 aliphatic heterocycles. The molecule has 0 spiro atoms. The van der Waals surface area contributed by atoms with Crippen LogP contribution in [-0.2, 0) is 4.79 Å². The lowest BCUT2D eigenvalue weighted by molar-refractivity contribution is -0.148. The van der Waals surface area contributed by atoms with E-state index in [2.05, 4.69) is 11.5 Å². The van der Waals surface area contributed by atoms with Gasteiger partial charge in [0.2, 0.25) is 0 Å². The van der Waals surface area contributed by atoms with Crippen LogP contribution in [0.5, 0.6) is 0 Å². The lowest BCUT2D eigenvalue weighted by atomic mass is 10.3. The average molecular weight is 300 g/mol. The third-order valence-corrected chi connectivity index (χ3v) is 3.33. The number of hydrogen-bond acceptors (Lipinski definition) is 7. The van der Waals surface area contributed by atoms with E-state index < -0.39 is 18.7 Å². The van der Waals surface area contributed by atoms with Gasteiger partial charge in [0.25, 0.3) is 0 Å². The topological polar surface area (TPSA) is 118 Å². The van der Waals surface area contributed by atoms with Crippen molar-refractivity contribution in [2.75, 3.05) is 25.6 Å². The molecule has 0 aromatic rings. The number of aliphatic hydroxyl groups excluding tert-OH is 4. The Balaban J connectivity index is 0. The monoisotopic (exact) mass is 300 g/mol. The number of aliphatic carboxylic acids is 1. The summed E-state index contributed by atoms with van der Waals surface area (Å²) >= 11 is 0. The summed E-state index contributed by atoms with van der Waals surface area (Å²) in [6.45, 7) is -0.337. The third kappa shape index (κ3) is 18.1. The van der Waals surface area contributed by atoms with E-state index in [0.717, 1.165) is 12.8 Å². The zero-order valence-corrected chi connectivity index (χ0v) is 11.6. The number of unbranched alkanes of at least 4 members (excludes halogenated alkanes) is 1. The molecule has 0 aliphatic carbocycles. The molecule has 0 aromatic heterocycles. The second-order valence-corrected chi connectivity index (χ2v) is 5.26. The molecule has 1 heterocycles. The van der Waals surface area contributed by atoms with Crippen LogP contribution < -0.4 is 0 Å². The second kappa shape index (κ2) is 16.8. The van der Waals surface area contributed by atoms with Crippen LogP contribution in [0.15, 0.2) is 11.5 Å². The number of rotatable bonds is 5. The molecule has 0 amide bonds. The Morgan fingerprint density at radius 2 is 1.78 bits per heavy atom. The molecule has 1 atom stereocenters. The molecule has 0 saturated carbocycles. The van der Waals surface area contributed by atoms with Gasteiger partial charge in [0.1, 0.15) is 0 Å². The molecule has 0 bridgehead atoms. The van der Waals surface area contributed by atoms with E-state index in [4.69, 9.17) is 25.5 Å². The predicted molar refractivity (Wildman–Crippen MR) is 73.3 cm³/mol. The Labute approximate surface area is 114 Å². The largest absolute Gasteiger partial charge is 0.479 e. The van der Waals surface area contributed by atoms with Crippen LogP contribution in [0.2, 0.25) is 0 Å². The first-order valence-corrected chi connectivity index (χ1v) is 7.65. The Bertz CT molecular complexity index is 203. The first kappa shape index (κ1) is 20.1. The highest BCUT2D eigenvalue weighted by Gasteiger charge is 2.08. The Morgan fingerprint density at radius 1 is 1.22 bits per heavy atom. The molecule has 8 heteroatoms. The van der Waals surface area contributed by atoms with Gasteiger partial charge in [0.05, 0.1) is 6.61 Å². The normalized spacial score (nSPS) is 14.0. The van der Waals surface area contributed by atoms with Crippen molar-refractivity contribution in [3.8, 4) is 0 Å². The molecule has 108 valence electrons. The fourth-order valence-electron chi connectivity index (χ4n) is 0.498. The Morgan fingerprint density at radius 3 is 1.89 bits per heavy atom. The SMILES string of the molecule is C1=CSSC1.O=C(O)C(O)CO.OCCCCO. The lowest BCUT2D eigenvalue weighted by Crippen LogP contribution is -2.22. The summed E-state index contributed by atoms with van der Waals surface area (Å²) in [6, 6.07) is 0. The Hall–Kier alpha value is -0.250. The molecule has 0 aromatic carbocycles. The maximum Gasteiger partial charge on any atom is 0.334 e. The fraction of sp³-hybridized carbons (Fsp3) is 0.700. The van der Waals surface area contributed by atoms with Crippen LogP contribution in [0.4, 0.5) is 0 Å². The predicted octanol–water partition coefficient (Wildman–Crippen LogP) is 0.0705. The molecule has 6 nitrogen and oxygen atoms in total. The van der Waals surface area contributed by atoms with Crippen molar-refractivity contribution in [1.29, 1.82) is 0 Å². The van der Waals surface area contributed by atoms with Crippen molar-refractivity contribution in [2.45, 2.75) is 18.9 Å². The van der Waals surface area contributed by atoms with Crippen molar-refractivity contribution in [3.63, 3.8) is 0 Å². The van der Waals surface area contributed by atoms with Gasteiger partial charge in [-0.15, -0.1) is 0 Å². The average Bonchev–Trinajstić information content (AvgIpc) is 2.95. The summed E-state index contributed by atoms with van der Waals surface area (Å²) in [5, 5.41) is 42.0. The van der Waals surface area contributed by atoms with Crippen LogP contribution in [0, 0.1) is 0 Å². The fourth-order valence-corrected chi connectivity index (χ4v) is 2.07. The maximum absolute atomic E-state index is 9.52. The number of carbonyl (C=O) groups is 1. The quantitative estimate of drug-likeness (QED) is 0.357. The molecular weight excluding hydrogens is 280 g/mol. The number of aliphatic hydroxyl groups is 4. The molecule has 1 rings (SSSR count). The minimum absolute atomic E-state index is 0.195. The first-order chi connectivity index (χ1) is 8.59. The van der Waals surface area contributed by atoms with Gasteiger partial charge in [-0.1, -0.05) is 27.7 Å². The zero-order valence-electron chi connectivity index (χ0n) is 9.94. The summed E-state index contributed by atoms with van der Waals surface area (Å²) < 4.78 is 0. The van der Waals surface area contributed by atoms with E-state index in [1.54, 1.807) is 0 Å². The van der Waals surface area contributed by atoms with Crippen LogP contribution in [-0.4, -0.2) is 63.2 Å². The van der Waals surface area contributed by atoms with Crippen molar-refractivity contribution in [2.24, 2.45) is 0 Å². The number of carboxylic acids is 1. The van der Waals surface area contributed by atoms with Gasteiger partial charge >= 0.3 is 5.97 Å². The van der Waals surface area contributed by atoms with Gasteiger partial charge in [-0.3, -0.25) is 0 Å². The molecule has 1 unspecified atom stereocenters. The van der Waals surface area contributed by atoms with E-state index >= 15 is 0 Å². The lowest BCUT2D eigenvalue weighted by Gasteiger charge is -1.95. The van der Waals surface area contributed by atoms with Gasteiger partial charge in [0.15, 0.2) is 6.10 Å². The highest BCUT2D eigenvalue weighted by molar-refractivity contribution is 8.78. The second-order valence-electron chi connectivity index (χ2n) is 2.94. The van der Waals surface area contributed by atoms with Crippen LogP contribution in [0.1, 0.15) is 12.8 Å². The highest BCUT2D eigenvalue weighted by atomic mass is 33.1. The van der Waals surface area contributed by atoms with E-state index in [9.17, 15) is 4.79 Å². The number of hydrogen-bond donors (Lipinski definition) is 5. The molecule has 1 aliphatic rings. The molecule has 0 radical (unpaired) electrons. The molecular formula is C10H20O6S2. The summed E-state index contributed by atoms with van der Waals surface area (Å²) in [4.78, 5) is 9.52. The Kier molecular flexibility index (Phi) is 18.7. The minimum Gasteiger partial charge on any atom is -0.479 e. The van der Waals surface area contributed by atoms with Crippen LogP contribution >= 0.6 is 21.6 Å². The smallest absolute Gasteiger partial charge is 0.334 e. The summed E-state index contributed by atoms with van der Waals surface area (Å²) in [5.74, 6) is -0.201. The molecule has 5 N–H and O–H groups in total. The van der Waals surface area contributed by atoms with Crippen molar-refractivity contribution >= 4 is 27.6 Å². The molecule has 18 heavy (non-hydrogen) atoms. The minimum atomic E-state index is -1.63. The van der Waals surface area contributed by atoms with Gasteiger partial charge in [-0.05, 0) is 18.2 Å². The van der Waals surface area contributed by atoms with E-state index in [1.165, 1.54) is 5.75 Å². The van der Waals surface area contributed by atoms with E-state index in [0.29, 0.717) is 0 Å². The van der Waals surface area contributed by atoms with Crippen LogP contribution in [0.3, 0.4) is 0 Å². The summed E-state index contributed by atoms with van der Waals surface area (Å²) in [6.07, 6.45) is 1.97. The van der Waals surface area contributed by atoms with Gasteiger partial charge in [-0.25, -0.2) is 4.79 Å². The van der Waals surface area contributed by atoms with Crippen molar-refractivity contribution in [1.82, 2.24) is 0 Å². The maximum atomic E-state index is 9.52. The van der Waals surface area contributed by atoms with Crippen LogP contribution in [0.25, 0.3) is 0 Å². The third-order valence-electron chi connectivity index (χ3n) is 1.41. The van der Waals surface area contributed by atoms with Gasteiger partial charge < -0.3 is 25.5 Å².